The van der Waals surface area contributed by atoms with Gasteiger partial charge in [-0.2, -0.15) is 0 Å². The van der Waals surface area contributed by atoms with Crippen LogP contribution in [0, 0.1) is 0 Å². The average Bonchev–Trinajstić information content (AvgIpc) is 2.28. The smallest absolute Gasteiger partial charge is 0.508 e. The Kier molecular flexibility index (Phi) is 5.38. The Morgan fingerprint density at radius 2 is 1.37 bits per heavy atom. The number of hydrogen-bond acceptors (Lipinski definition) is 4. The second-order valence-electron chi connectivity index (χ2n) is 3.41. The molecule has 0 aliphatic heterocycles. The van der Waals surface area contributed by atoms with Crippen LogP contribution in [0.5, 0.6) is 17.2 Å². The van der Waals surface area contributed by atoms with Crippen LogP contribution >= 0.6 is 7.82 Å². The van der Waals surface area contributed by atoms with E-state index < -0.39 is 7.82 Å². The molecule has 0 unspecified atom stereocenters. The fraction of sp³-hybridized carbons (Fsp3) is 0. The highest BCUT2D eigenvalue weighted by Crippen LogP contribution is 2.36. The summed E-state index contributed by atoms with van der Waals surface area (Å²) in [5.74, 6) is 0.343. The van der Waals surface area contributed by atoms with E-state index in [2.05, 4.69) is 4.52 Å². The summed E-state index contributed by atoms with van der Waals surface area (Å²) in [4.78, 5) is 16.7. The van der Waals surface area contributed by atoms with Crippen LogP contribution in [0.15, 0.2) is 54.6 Å². The molecule has 0 aromatic heterocycles. The van der Waals surface area contributed by atoms with E-state index in [0.29, 0.717) is 0 Å². The second kappa shape index (κ2) is 6.80. The molecule has 0 bridgehead atoms. The Balaban J connectivity index is 0.000000200. The third-order valence-electron chi connectivity index (χ3n) is 1.80. The molecule has 0 amide bonds. The minimum absolute atomic E-state index is 0.0880. The number of phosphoric acid groups is 1. The van der Waals surface area contributed by atoms with Crippen LogP contribution < -0.4 is 4.52 Å². The van der Waals surface area contributed by atoms with Gasteiger partial charge < -0.3 is 14.7 Å². The molecule has 2 aromatic carbocycles. The van der Waals surface area contributed by atoms with Gasteiger partial charge in [0.1, 0.15) is 17.2 Å². The Hall–Kier alpha value is -2.01. The maximum absolute atomic E-state index is 10.3. The van der Waals surface area contributed by atoms with Crippen molar-refractivity contribution < 1.29 is 29.1 Å². The van der Waals surface area contributed by atoms with Gasteiger partial charge in [-0.3, -0.25) is 9.79 Å². The van der Waals surface area contributed by atoms with E-state index in [0.717, 1.165) is 0 Å². The lowest BCUT2D eigenvalue weighted by Gasteiger charge is -2.04. The van der Waals surface area contributed by atoms with Crippen LogP contribution in [-0.4, -0.2) is 20.0 Å². The largest absolute Gasteiger partial charge is 0.524 e. The van der Waals surface area contributed by atoms with Crippen LogP contribution in [0.4, 0.5) is 0 Å². The molecule has 0 heterocycles. The summed E-state index contributed by atoms with van der Waals surface area (Å²) in [7, 11) is -4.39. The molecule has 6 nitrogen and oxygen atoms in total. The highest BCUT2D eigenvalue weighted by atomic mass is 31.2. The van der Waals surface area contributed by atoms with E-state index in [9.17, 15) is 4.57 Å². The fourth-order valence-electron chi connectivity index (χ4n) is 1.11. The summed E-state index contributed by atoms with van der Waals surface area (Å²) in [5.41, 5.74) is 0. The van der Waals surface area contributed by atoms with Crippen molar-refractivity contribution in [3.63, 3.8) is 0 Å². The monoisotopic (exact) mass is 284 g/mol. The van der Waals surface area contributed by atoms with E-state index in [1.807, 2.05) is 0 Å². The van der Waals surface area contributed by atoms with Gasteiger partial charge in [0.15, 0.2) is 0 Å². The van der Waals surface area contributed by atoms with Gasteiger partial charge in [0, 0.05) is 6.07 Å². The molecule has 7 heteroatoms. The molecule has 0 aliphatic rings. The van der Waals surface area contributed by atoms with Gasteiger partial charge in [0.25, 0.3) is 0 Å². The van der Waals surface area contributed by atoms with Crippen LogP contribution in [0.1, 0.15) is 0 Å². The number of aromatic hydroxyl groups is 2. The van der Waals surface area contributed by atoms with E-state index in [4.69, 9.17) is 20.0 Å². The molecule has 0 saturated heterocycles. The third kappa shape index (κ3) is 7.10. The zero-order valence-corrected chi connectivity index (χ0v) is 10.6. The van der Waals surface area contributed by atoms with Crippen molar-refractivity contribution in [3.8, 4) is 17.2 Å². The Morgan fingerprint density at radius 3 is 1.74 bits per heavy atom. The first-order valence-corrected chi connectivity index (χ1v) is 6.68. The number of phenolic OH excluding ortho intramolecular Hbond substituents is 2. The molecule has 0 aliphatic carbocycles. The predicted octanol–water partition coefficient (Wildman–Crippen LogP) is 2.26. The molecule has 0 atom stereocenters. The molecule has 19 heavy (non-hydrogen) atoms. The number of phosphoric ester groups is 1. The Labute approximate surface area is 109 Å². The highest BCUT2D eigenvalue weighted by Gasteiger charge is 2.14. The van der Waals surface area contributed by atoms with Gasteiger partial charge in [-0.05, 0) is 24.3 Å². The van der Waals surface area contributed by atoms with Crippen LogP contribution in [0.2, 0.25) is 0 Å². The molecule has 2 rings (SSSR count). The average molecular weight is 284 g/mol. The van der Waals surface area contributed by atoms with Gasteiger partial charge in [-0.15, -0.1) is 0 Å². The van der Waals surface area contributed by atoms with Gasteiger partial charge >= 0.3 is 7.82 Å². The van der Waals surface area contributed by atoms with Crippen LogP contribution in [0.3, 0.4) is 0 Å². The third-order valence-corrected chi connectivity index (χ3v) is 2.25. The van der Waals surface area contributed by atoms with Crippen molar-refractivity contribution in [1.29, 1.82) is 0 Å². The number of benzene rings is 2. The summed E-state index contributed by atoms with van der Waals surface area (Å²) < 4.78 is 14.5. The predicted molar refractivity (Wildman–Crippen MR) is 68.9 cm³/mol. The summed E-state index contributed by atoms with van der Waals surface area (Å²) in [6.45, 7) is 0. The summed E-state index contributed by atoms with van der Waals surface area (Å²) in [5, 5.41) is 17.3. The number of rotatable bonds is 2. The molecule has 0 radical (unpaired) electrons. The number of hydrogen-bond donors (Lipinski definition) is 4. The number of para-hydroxylation sites is 1. The Bertz CT molecular complexity index is 534. The zero-order chi connectivity index (χ0) is 14.3. The first-order chi connectivity index (χ1) is 8.87. The van der Waals surface area contributed by atoms with Gasteiger partial charge in [-0.1, -0.05) is 24.3 Å². The van der Waals surface area contributed by atoms with Crippen molar-refractivity contribution >= 4 is 7.82 Å². The molecule has 0 spiro atoms. The maximum atomic E-state index is 10.3. The lowest BCUT2D eigenvalue weighted by molar-refractivity contribution is 0.283. The minimum atomic E-state index is -4.39. The van der Waals surface area contributed by atoms with Gasteiger partial charge in [0.2, 0.25) is 0 Å². The quantitative estimate of drug-likeness (QED) is 0.630. The lowest BCUT2D eigenvalue weighted by atomic mass is 10.3. The standard InChI is InChI=1S/C6H7O4P.C6H6O2/c7-11(8,9)10-6-4-2-1-3-5-6;7-5-2-1-3-6(8)4-5/h1-5H,(H2,7,8,9);1-4,7-8H. The molecular weight excluding hydrogens is 271 g/mol. The van der Waals surface area contributed by atoms with Crippen molar-refractivity contribution in [2.75, 3.05) is 0 Å². The zero-order valence-electron chi connectivity index (χ0n) is 9.75. The first-order valence-electron chi connectivity index (χ1n) is 5.15. The summed E-state index contributed by atoms with van der Waals surface area (Å²) in [6.07, 6.45) is 0. The van der Waals surface area contributed by atoms with Gasteiger partial charge in [-0.25, -0.2) is 4.57 Å². The minimum Gasteiger partial charge on any atom is -0.508 e. The van der Waals surface area contributed by atoms with Gasteiger partial charge in [0.05, 0.1) is 0 Å². The maximum Gasteiger partial charge on any atom is 0.524 e. The lowest BCUT2D eigenvalue weighted by Crippen LogP contribution is -1.88. The van der Waals surface area contributed by atoms with E-state index in [1.54, 1.807) is 24.3 Å². The van der Waals surface area contributed by atoms with Crippen LogP contribution in [0.25, 0.3) is 0 Å². The molecular formula is C12H13O6P. The van der Waals surface area contributed by atoms with Crippen molar-refractivity contribution in [2.45, 2.75) is 0 Å². The SMILES string of the molecule is O=P(O)(O)Oc1ccccc1.Oc1cccc(O)c1. The van der Waals surface area contributed by atoms with Crippen molar-refractivity contribution in [2.24, 2.45) is 0 Å². The molecule has 0 fully saturated rings. The highest BCUT2D eigenvalue weighted by molar-refractivity contribution is 7.46. The molecule has 2 aromatic rings. The van der Waals surface area contributed by atoms with E-state index >= 15 is 0 Å². The molecule has 102 valence electrons. The topological polar surface area (TPSA) is 107 Å². The van der Waals surface area contributed by atoms with E-state index in [1.165, 1.54) is 30.3 Å². The summed E-state index contributed by atoms with van der Waals surface area (Å²) in [6, 6.07) is 13.8. The summed E-state index contributed by atoms with van der Waals surface area (Å²) >= 11 is 0. The van der Waals surface area contributed by atoms with Crippen molar-refractivity contribution in [3.05, 3.63) is 54.6 Å². The van der Waals surface area contributed by atoms with Crippen molar-refractivity contribution in [1.82, 2.24) is 0 Å². The molecule has 4 N–H and O–H groups in total. The second-order valence-corrected chi connectivity index (χ2v) is 4.58. The fourth-order valence-corrected chi connectivity index (χ4v) is 1.51. The first kappa shape index (κ1) is 15.0. The normalized spacial score (nSPS) is 10.2. The van der Waals surface area contributed by atoms with E-state index in [-0.39, 0.29) is 17.2 Å². The Morgan fingerprint density at radius 1 is 0.842 bits per heavy atom. The number of phenols is 2. The van der Waals surface area contributed by atoms with Crippen LogP contribution in [-0.2, 0) is 4.57 Å². The molecule has 0 saturated carbocycles.